The molecule has 0 bridgehead atoms. The SMILES string of the molecule is CC(C)(C)OC(=O)N1CCc2nc(Cl)nc(Cl)c2CC1. The van der Waals surface area contributed by atoms with Crippen LogP contribution in [0, 0.1) is 0 Å². The molecule has 1 aliphatic rings. The zero-order valence-electron chi connectivity index (χ0n) is 11.7. The summed E-state index contributed by atoms with van der Waals surface area (Å²) in [7, 11) is 0. The van der Waals surface area contributed by atoms with Crippen LogP contribution in [0.15, 0.2) is 0 Å². The van der Waals surface area contributed by atoms with Crippen LogP contribution in [0.2, 0.25) is 10.4 Å². The molecule has 0 aliphatic carbocycles. The molecule has 110 valence electrons. The van der Waals surface area contributed by atoms with Crippen LogP contribution in [-0.2, 0) is 17.6 Å². The lowest BCUT2D eigenvalue weighted by Gasteiger charge is -2.26. The number of carbonyl (C=O) groups excluding carboxylic acids is 1. The third-order valence-corrected chi connectivity index (χ3v) is 3.40. The Kier molecular flexibility index (Phi) is 4.39. The smallest absolute Gasteiger partial charge is 0.410 e. The number of nitrogens with zero attached hydrogens (tertiary/aromatic N) is 3. The summed E-state index contributed by atoms with van der Waals surface area (Å²) >= 11 is 11.9. The van der Waals surface area contributed by atoms with Crippen molar-refractivity contribution in [1.82, 2.24) is 14.9 Å². The van der Waals surface area contributed by atoms with Gasteiger partial charge < -0.3 is 9.64 Å². The summed E-state index contributed by atoms with van der Waals surface area (Å²) < 4.78 is 5.38. The summed E-state index contributed by atoms with van der Waals surface area (Å²) in [5, 5.41) is 0.505. The van der Waals surface area contributed by atoms with Crippen molar-refractivity contribution in [1.29, 1.82) is 0 Å². The molecule has 0 fully saturated rings. The first-order valence-corrected chi connectivity index (χ1v) is 7.20. The van der Waals surface area contributed by atoms with Crippen molar-refractivity contribution in [2.75, 3.05) is 13.1 Å². The lowest BCUT2D eigenvalue weighted by Crippen LogP contribution is -2.38. The van der Waals surface area contributed by atoms with Gasteiger partial charge in [-0.15, -0.1) is 0 Å². The summed E-state index contributed by atoms with van der Waals surface area (Å²) in [6.45, 7) is 6.61. The molecule has 0 radical (unpaired) electrons. The zero-order valence-corrected chi connectivity index (χ0v) is 13.3. The first-order valence-electron chi connectivity index (χ1n) is 6.45. The fourth-order valence-electron chi connectivity index (χ4n) is 2.03. The van der Waals surface area contributed by atoms with E-state index in [-0.39, 0.29) is 11.4 Å². The predicted molar refractivity (Wildman–Crippen MR) is 77.3 cm³/mol. The maximum absolute atomic E-state index is 12.1. The average molecular weight is 318 g/mol. The highest BCUT2D eigenvalue weighted by Gasteiger charge is 2.25. The number of carbonyl (C=O) groups is 1. The molecule has 0 atom stereocenters. The van der Waals surface area contributed by atoms with E-state index >= 15 is 0 Å². The molecule has 2 heterocycles. The van der Waals surface area contributed by atoms with Gasteiger partial charge in [-0.2, -0.15) is 0 Å². The molecule has 1 aromatic heterocycles. The Hall–Kier alpha value is -1.07. The van der Waals surface area contributed by atoms with Crippen LogP contribution < -0.4 is 0 Å². The molecule has 7 heteroatoms. The maximum Gasteiger partial charge on any atom is 0.410 e. The molecular formula is C13H17Cl2N3O2. The van der Waals surface area contributed by atoms with Gasteiger partial charge in [-0.3, -0.25) is 0 Å². The van der Waals surface area contributed by atoms with E-state index in [2.05, 4.69) is 9.97 Å². The molecule has 2 rings (SSSR count). The first kappa shape index (κ1) is 15.3. The predicted octanol–water partition coefficient (Wildman–Crippen LogP) is 3.12. The van der Waals surface area contributed by atoms with Gasteiger partial charge in [0.25, 0.3) is 0 Å². The van der Waals surface area contributed by atoms with Crippen LogP contribution in [0.3, 0.4) is 0 Å². The fourth-order valence-corrected chi connectivity index (χ4v) is 2.55. The van der Waals surface area contributed by atoms with Gasteiger partial charge in [-0.05, 0) is 38.8 Å². The molecule has 20 heavy (non-hydrogen) atoms. The molecule has 0 saturated heterocycles. The molecular weight excluding hydrogens is 301 g/mol. The van der Waals surface area contributed by atoms with E-state index in [0.717, 1.165) is 11.3 Å². The van der Waals surface area contributed by atoms with E-state index in [9.17, 15) is 4.79 Å². The number of rotatable bonds is 0. The van der Waals surface area contributed by atoms with Crippen LogP contribution in [0.5, 0.6) is 0 Å². The summed E-state index contributed by atoms with van der Waals surface area (Å²) in [6.07, 6.45) is 0.877. The van der Waals surface area contributed by atoms with Gasteiger partial charge >= 0.3 is 6.09 Å². The number of hydrogen-bond donors (Lipinski definition) is 0. The van der Waals surface area contributed by atoms with E-state index in [4.69, 9.17) is 27.9 Å². The molecule has 1 aliphatic heterocycles. The highest BCUT2D eigenvalue weighted by Crippen LogP contribution is 2.23. The van der Waals surface area contributed by atoms with Crippen molar-refractivity contribution in [2.45, 2.75) is 39.2 Å². The Balaban J connectivity index is 2.12. The number of halogens is 2. The zero-order chi connectivity index (χ0) is 14.9. The number of aromatic nitrogens is 2. The average Bonchev–Trinajstić information content (AvgIpc) is 2.49. The third-order valence-electron chi connectivity index (χ3n) is 2.92. The van der Waals surface area contributed by atoms with Gasteiger partial charge in [-0.25, -0.2) is 14.8 Å². The van der Waals surface area contributed by atoms with E-state index in [1.165, 1.54) is 0 Å². The highest BCUT2D eigenvalue weighted by atomic mass is 35.5. The van der Waals surface area contributed by atoms with E-state index in [1.54, 1.807) is 4.90 Å². The van der Waals surface area contributed by atoms with E-state index in [1.807, 2.05) is 20.8 Å². The third kappa shape index (κ3) is 3.73. The van der Waals surface area contributed by atoms with Crippen LogP contribution in [0.25, 0.3) is 0 Å². The topological polar surface area (TPSA) is 55.3 Å². The van der Waals surface area contributed by atoms with Crippen molar-refractivity contribution >= 4 is 29.3 Å². The summed E-state index contributed by atoms with van der Waals surface area (Å²) in [5.41, 5.74) is 1.17. The number of amides is 1. The molecule has 0 unspecified atom stereocenters. The van der Waals surface area contributed by atoms with Crippen LogP contribution in [0.1, 0.15) is 32.0 Å². The van der Waals surface area contributed by atoms with Gasteiger partial charge in [-0.1, -0.05) is 11.6 Å². The van der Waals surface area contributed by atoms with Gasteiger partial charge in [0.2, 0.25) is 5.28 Å². The Labute approximate surface area is 128 Å². The largest absolute Gasteiger partial charge is 0.444 e. The maximum atomic E-state index is 12.1. The normalized spacial score (nSPS) is 15.6. The molecule has 1 aromatic rings. The second kappa shape index (κ2) is 5.74. The Morgan fingerprint density at radius 3 is 2.50 bits per heavy atom. The Bertz CT molecular complexity index is 529. The molecule has 1 amide bonds. The summed E-state index contributed by atoms with van der Waals surface area (Å²) in [4.78, 5) is 21.9. The Morgan fingerprint density at radius 2 is 1.85 bits per heavy atom. The van der Waals surface area contributed by atoms with Crippen molar-refractivity contribution in [3.8, 4) is 0 Å². The molecule has 5 nitrogen and oxygen atoms in total. The van der Waals surface area contributed by atoms with Gasteiger partial charge in [0, 0.05) is 25.1 Å². The van der Waals surface area contributed by atoms with Gasteiger partial charge in [0.05, 0.1) is 5.69 Å². The van der Waals surface area contributed by atoms with Crippen LogP contribution >= 0.6 is 23.2 Å². The summed E-state index contributed by atoms with van der Waals surface area (Å²) in [5.74, 6) is 0. The lowest BCUT2D eigenvalue weighted by molar-refractivity contribution is 0.0258. The molecule has 0 aromatic carbocycles. The van der Waals surface area contributed by atoms with Crippen molar-refractivity contribution in [2.24, 2.45) is 0 Å². The minimum Gasteiger partial charge on any atom is -0.444 e. The monoisotopic (exact) mass is 317 g/mol. The van der Waals surface area contributed by atoms with Crippen molar-refractivity contribution < 1.29 is 9.53 Å². The first-order chi connectivity index (χ1) is 9.26. The van der Waals surface area contributed by atoms with E-state index < -0.39 is 5.60 Å². The number of hydrogen-bond acceptors (Lipinski definition) is 4. The van der Waals surface area contributed by atoms with Gasteiger partial charge in [0.15, 0.2) is 0 Å². The van der Waals surface area contributed by atoms with Crippen molar-refractivity contribution in [3.63, 3.8) is 0 Å². The van der Waals surface area contributed by atoms with Crippen molar-refractivity contribution in [3.05, 3.63) is 21.7 Å². The second-order valence-electron chi connectivity index (χ2n) is 5.68. The highest BCUT2D eigenvalue weighted by molar-refractivity contribution is 6.32. The second-order valence-corrected chi connectivity index (χ2v) is 6.37. The Morgan fingerprint density at radius 1 is 1.20 bits per heavy atom. The van der Waals surface area contributed by atoms with Crippen LogP contribution in [0.4, 0.5) is 4.79 Å². The number of ether oxygens (including phenoxy) is 1. The van der Waals surface area contributed by atoms with E-state index in [0.29, 0.717) is 31.1 Å². The quantitative estimate of drug-likeness (QED) is 0.545. The molecule has 0 N–H and O–H groups in total. The minimum atomic E-state index is -0.503. The molecule has 0 spiro atoms. The van der Waals surface area contributed by atoms with Crippen LogP contribution in [-0.4, -0.2) is 39.7 Å². The lowest BCUT2D eigenvalue weighted by atomic mass is 10.1. The summed E-state index contributed by atoms with van der Waals surface area (Å²) in [6, 6.07) is 0. The number of fused-ring (bicyclic) bond motifs is 1. The standard InChI is InChI=1S/C13H17Cl2N3O2/c1-13(2,3)20-12(19)18-6-4-8-9(5-7-18)16-11(15)17-10(8)14/h4-7H2,1-3H3. The molecule has 0 saturated carbocycles. The van der Waals surface area contributed by atoms with Gasteiger partial charge in [0.1, 0.15) is 10.8 Å². The fraction of sp³-hybridized carbons (Fsp3) is 0.615. The minimum absolute atomic E-state index is 0.138.